The van der Waals surface area contributed by atoms with Crippen molar-refractivity contribution in [2.24, 2.45) is 0 Å². The third-order valence-electron chi connectivity index (χ3n) is 2.79. The van der Waals surface area contributed by atoms with Gasteiger partial charge in [0, 0.05) is 0 Å². The minimum Gasteiger partial charge on any atom is -0.501 e. The van der Waals surface area contributed by atoms with Crippen LogP contribution in [0.15, 0.2) is 29.2 Å². The van der Waals surface area contributed by atoms with Crippen molar-refractivity contribution in [2.75, 3.05) is 5.75 Å². The fraction of sp³-hybridized carbons (Fsp3) is 0.364. The molecule has 0 aliphatic carbocycles. The van der Waals surface area contributed by atoms with Crippen molar-refractivity contribution in [3.8, 4) is 0 Å². The van der Waals surface area contributed by atoms with Crippen LogP contribution in [0.3, 0.4) is 0 Å². The third-order valence-corrected chi connectivity index (χ3v) is 5.12. The van der Waals surface area contributed by atoms with Gasteiger partial charge in [-0.2, -0.15) is 0 Å². The second-order valence-electron chi connectivity index (χ2n) is 4.12. The maximum Gasteiger partial charge on any atom is 0.251 e. The van der Waals surface area contributed by atoms with Gasteiger partial charge in [-0.05, 0) is 25.3 Å². The molecule has 2 N–H and O–H groups in total. The minimum atomic E-state index is -3.62. The van der Waals surface area contributed by atoms with Crippen molar-refractivity contribution in [1.29, 1.82) is 0 Å². The average molecular weight is 303 g/mol. The lowest BCUT2D eigenvalue weighted by Crippen LogP contribution is -2.31. The average Bonchev–Trinajstić information content (AvgIpc) is 2.95. The number of ether oxygens (including phenoxy) is 1. The van der Waals surface area contributed by atoms with Crippen LogP contribution in [0.5, 0.6) is 0 Å². The number of hydrogen-bond donors (Lipinski definition) is 2. The molecule has 104 valence electrons. The quantitative estimate of drug-likeness (QED) is 0.872. The molecule has 19 heavy (non-hydrogen) atoms. The van der Waals surface area contributed by atoms with Crippen LogP contribution < -0.4 is 4.72 Å². The summed E-state index contributed by atoms with van der Waals surface area (Å²) in [5.74, 6) is -1.96. The Morgan fingerprint density at radius 1 is 1.53 bits per heavy atom. The molecule has 2 heterocycles. The zero-order valence-electron chi connectivity index (χ0n) is 10.3. The van der Waals surface area contributed by atoms with Crippen LogP contribution in [0, 0.1) is 0 Å². The Morgan fingerprint density at radius 3 is 2.74 bits per heavy atom. The van der Waals surface area contributed by atoms with Crippen molar-refractivity contribution in [3.05, 3.63) is 34.0 Å². The summed E-state index contributed by atoms with van der Waals surface area (Å²) < 4.78 is 30.3. The van der Waals surface area contributed by atoms with Gasteiger partial charge in [0.1, 0.15) is 0 Å². The Balaban J connectivity index is 2.33. The fourth-order valence-corrected chi connectivity index (χ4v) is 3.01. The zero-order valence-corrected chi connectivity index (χ0v) is 12.0. The van der Waals surface area contributed by atoms with Crippen LogP contribution in [0.25, 0.3) is 0 Å². The van der Waals surface area contributed by atoms with Crippen LogP contribution in [0.1, 0.15) is 18.7 Å². The normalized spacial score (nSPS) is 23.6. The molecule has 6 nitrogen and oxygen atoms in total. The monoisotopic (exact) mass is 303 g/mol. The molecule has 1 aliphatic heterocycles. The first-order chi connectivity index (χ1) is 8.80. The van der Waals surface area contributed by atoms with Gasteiger partial charge in [0.15, 0.2) is 0 Å². The number of Topliss-reactive ketones (excluding diaryl/α,β-unsaturated/α-hetero) is 1. The summed E-state index contributed by atoms with van der Waals surface area (Å²) in [5, 5.41) is 11.5. The molecule has 8 heteroatoms. The van der Waals surface area contributed by atoms with E-state index < -0.39 is 33.0 Å². The number of aliphatic hydroxyl groups is 1. The van der Waals surface area contributed by atoms with Gasteiger partial charge in [-0.1, -0.05) is 6.07 Å². The minimum absolute atomic E-state index is 0.183. The Bertz CT molecular complexity index is 632. The van der Waals surface area contributed by atoms with Gasteiger partial charge in [0.2, 0.25) is 27.3 Å². The number of ketones is 1. The van der Waals surface area contributed by atoms with Crippen LogP contribution in [0.2, 0.25) is 0 Å². The van der Waals surface area contributed by atoms with Crippen molar-refractivity contribution in [3.63, 3.8) is 0 Å². The number of hydrogen-bond acceptors (Lipinski definition) is 6. The molecule has 0 saturated carbocycles. The van der Waals surface area contributed by atoms with E-state index in [1.807, 2.05) is 0 Å². The van der Waals surface area contributed by atoms with Gasteiger partial charge in [-0.3, -0.25) is 9.52 Å². The Morgan fingerprint density at radius 2 is 2.21 bits per heavy atom. The van der Waals surface area contributed by atoms with E-state index in [9.17, 15) is 18.3 Å². The van der Waals surface area contributed by atoms with E-state index in [1.165, 1.54) is 25.2 Å². The van der Waals surface area contributed by atoms with E-state index in [2.05, 4.69) is 4.72 Å². The van der Waals surface area contributed by atoms with Gasteiger partial charge < -0.3 is 9.84 Å². The summed E-state index contributed by atoms with van der Waals surface area (Å²) in [5.41, 5.74) is -1.39. The molecule has 0 bridgehead atoms. The lowest BCUT2D eigenvalue weighted by Gasteiger charge is -2.21. The smallest absolute Gasteiger partial charge is 0.251 e. The SMILES string of the molecule is CCS(=O)(=O)NC1=C(O)C(=O)C(C)(c2cccs2)O1. The maximum absolute atomic E-state index is 12.0. The highest BCUT2D eigenvalue weighted by Gasteiger charge is 2.49. The first-order valence-corrected chi connectivity index (χ1v) is 8.05. The maximum atomic E-state index is 12.0. The van der Waals surface area contributed by atoms with E-state index in [0.29, 0.717) is 4.88 Å². The Labute approximate surface area is 114 Å². The predicted molar refractivity (Wildman–Crippen MR) is 70.0 cm³/mol. The van der Waals surface area contributed by atoms with E-state index in [1.54, 1.807) is 17.5 Å². The number of thiophene rings is 1. The molecule has 0 aromatic carbocycles. The topological polar surface area (TPSA) is 92.7 Å². The Hall–Kier alpha value is -1.54. The molecule has 1 aromatic heterocycles. The molecule has 0 amide bonds. The molecule has 0 spiro atoms. The molecule has 1 aliphatic rings. The van der Waals surface area contributed by atoms with Crippen LogP contribution in [-0.2, 0) is 25.2 Å². The van der Waals surface area contributed by atoms with Crippen molar-refractivity contribution >= 4 is 27.1 Å². The molecule has 2 rings (SSSR count). The standard InChI is InChI=1S/C11H13NO5S2/c1-3-19(15,16)12-10-8(13)9(14)11(2,17-10)7-5-4-6-18-7/h4-6,12-13H,3H2,1-2H3. The molecular formula is C11H13NO5S2. The second-order valence-corrected chi connectivity index (χ2v) is 7.08. The number of nitrogens with one attached hydrogen (secondary N) is 1. The van der Waals surface area contributed by atoms with Gasteiger partial charge in [0.05, 0.1) is 10.6 Å². The Kier molecular flexibility index (Phi) is 3.31. The van der Waals surface area contributed by atoms with Crippen LogP contribution in [-0.4, -0.2) is 25.1 Å². The highest BCUT2D eigenvalue weighted by Crippen LogP contribution is 2.39. The van der Waals surface area contributed by atoms with E-state index >= 15 is 0 Å². The van der Waals surface area contributed by atoms with E-state index in [4.69, 9.17) is 4.74 Å². The number of carbonyl (C=O) groups excluding carboxylic acids is 1. The lowest BCUT2D eigenvalue weighted by atomic mass is 9.99. The summed E-state index contributed by atoms with van der Waals surface area (Å²) in [4.78, 5) is 12.6. The van der Waals surface area contributed by atoms with Crippen LogP contribution >= 0.6 is 11.3 Å². The lowest BCUT2D eigenvalue weighted by molar-refractivity contribution is -0.131. The number of carbonyl (C=O) groups is 1. The van der Waals surface area contributed by atoms with Gasteiger partial charge in [-0.25, -0.2) is 8.42 Å². The van der Waals surface area contributed by atoms with Gasteiger partial charge in [-0.15, -0.1) is 11.3 Å². The molecule has 0 saturated heterocycles. The second kappa shape index (κ2) is 4.53. The number of rotatable bonds is 4. The molecular weight excluding hydrogens is 290 g/mol. The fourth-order valence-electron chi connectivity index (χ4n) is 1.62. The summed E-state index contributed by atoms with van der Waals surface area (Å²) in [7, 11) is -3.62. The highest BCUT2D eigenvalue weighted by molar-refractivity contribution is 7.89. The molecule has 1 unspecified atom stereocenters. The largest absolute Gasteiger partial charge is 0.501 e. The number of sulfonamides is 1. The molecule has 1 aromatic rings. The molecule has 0 radical (unpaired) electrons. The summed E-state index contributed by atoms with van der Waals surface area (Å²) in [6.07, 6.45) is 0. The number of aliphatic hydroxyl groups excluding tert-OH is 1. The van der Waals surface area contributed by atoms with Crippen molar-refractivity contribution in [1.82, 2.24) is 4.72 Å². The first-order valence-electron chi connectivity index (χ1n) is 5.51. The van der Waals surface area contributed by atoms with Crippen molar-refractivity contribution < 1.29 is 23.1 Å². The van der Waals surface area contributed by atoms with Gasteiger partial charge >= 0.3 is 0 Å². The molecule has 1 atom stereocenters. The van der Waals surface area contributed by atoms with E-state index in [-0.39, 0.29) is 5.75 Å². The summed E-state index contributed by atoms with van der Waals surface area (Å²) in [6.45, 7) is 2.93. The third kappa shape index (κ3) is 2.33. The predicted octanol–water partition coefficient (Wildman–Crippen LogP) is 1.23. The van der Waals surface area contributed by atoms with Gasteiger partial charge in [0.25, 0.3) is 5.78 Å². The first kappa shape index (κ1) is 13.9. The summed E-state index contributed by atoms with van der Waals surface area (Å²) >= 11 is 1.29. The van der Waals surface area contributed by atoms with Crippen molar-refractivity contribution in [2.45, 2.75) is 19.4 Å². The summed E-state index contributed by atoms with van der Waals surface area (Å²) in [6, 6.07) is 3.43. The molecule has 0 fully saturated rings. The zero-order chi connectivity index (χ0) is 14.3. The van der Waals surface area contributed by atoms with E-state index in [0.717, 1.165) is 0 Å². The van der Waals surface area contributed by atoms with Crippen LogP contribution in [0.4, 0.5) is 0 Å². The highest BCUT2D eigenvalue weighted by atomic mass is 32.2.